The molecule has 1 aliphatic heterocycles. The number of anilines is 3. The van der Waals surface area contributed by atoms with E-state index in [9.17, 15) is 4.79 Å². The number of nitrogens with zero attached hydrogens (tertiary/aromatic N) is 4. The lowest BCUT2D eigenvalue weighted by atomic mass is 10.1. The number of nitrogens with one attached hydrogen (secondary N) is 1. The summed E-state index contributed by atoms with van der Waals surface area (Å²) in [6.07, 6.45) is 3.66. The molecular formula is C30H32N6O4. The molecule has 0 amide bonds. The second-order valence-electron chi connectivity index (χ2n) is 9.19. The molecule has 10 nitrogen and oxygen atoms in total. The van der Waals surface area contributed by atoms with E-state index in [0.717, 1.165) is 42.1 Å². The van der Waals surface area contributed by atoms with Gasteiger partial charge in [-0.05, 0) is 74.4 Å². The SMILES string of the molecule is CCOc1ccccc1O[C@@H]1CCCN(c2nccc(Nc3cccc(-c4ccc(OC(=O)CN)cc4)n3)n2)C1. The molecule has 2 aromatic carbocycles. The number of benzene rings is 2. The third kappa shape index (κ3) is 6.83. The number of nitrogens with two attached hydrogens (primary N) is 1. The molecule has 5 rings (SSSR count). The number of rotatable bonds is 10. The first kappa shape index (κ1) is 26.9. The molecule has 0 unspecified atom stereocenters. The first-order valence-corrected chi connectivity index (χ1v) is 13.3. The van der Waals surface area contributed by atoms with Crippen molar-refractivity contribution in [3.8, 4) is 28.5 Å². The molecule has 3 heterocycles. The smallest absolute Gasteiger partial charge is 0.325 e. The molecule has 0 aliphatic carbocycles. The number of carbonyl (C=O) groups is 1. The maximum Gasteiger partial charge on any atom is 0.325 e. The van der Waals surface area contributed by atoms with Gasteiger partial charge in [0.05, 0.1) is 25.4 Å². The summed E-state index contributed by atoms with van der Waals surface area (Å²) in [4.78, 5) is 27.6. The maximum absolute atomic E-state index is 11.4. The molecule has 1 aliphatic rings. The number of hydrogen-bond donors (Lipinski definition) is 2. The van der Waals surface area contributed by atoms with Gasteiger partial charge in [-0.3, -0.25) is 4.79 Å². The Morgan fingerprint density at radius 1 is 1.00 bits per heavy atom. The first-order chi connectivity index (χ1) is 19.6. The van der Waals surface area contributed by atoms with E-state index in [4.69, 9.17) is 29.9 Å². The Hall–Kier alpha value is -4.70. The second-order valence-corrected chi connectivity index (χ2v) is 9.19. The van der Waals surface area contributed by atoms with Gasteiger partial charge in [0.1, 0.15) is 23.5 Å². The zero-order valence-corrected chi connectivity index (χ0v) is 22.3. The van der Waals surface area contributed by atoms with Gasteiger partial charge in [0.25, 0.3) is 0 Å². The van der Waals surface area contributed by atoms with E-state index < -0.39 is 5.97 Å². The predicted molar refractivity (Wildman–Crippen MR) is 153 cm³/mol. The van der Waals surface area contributed by atoms with Crippen molar-refractivity contribution in [2.45, 2.75) is 25.9 Å². The average Bonchev–Trinajstić information content (AvgIpc) is 2.99. The Bertz CT molecular complexity index is 1430. The summed E-state index contributed by atoms with van der Waals surface area (Å²) in [5, 5.41) is 3.29. The largest absolute Gasteiger partial charge is 0.490 e. The van der Waals surface area contributed by atoms with Crippen LogP contribution in [0.2, 0.25) is 0 Å². The summed E-state index contributed by atoms with van der Waals surface area (Å²) in [6.45, 7) is 3.90. The van der Waals surface area contributed by atoms with Crippen molar-refractivity contribution in [2.24, 2.45) is 5.73 Å². The lowest BCUT2D eigenvalue weighted by Crippen LogP contribution is -2.42. The van der Waals surface area contributed by atoms with E-state index >= 15 is 0 Å². The lowest BCUT2D eigenvalue weighted by molar-refractivity contribution is -0.132. The lowest BCUT2D eigenvalue weighted by Gasteiger charge is -2.33. The van der Waals surface area contributed by atoms with Crippen LogP contribution in [-0.2, 0) is 4.79 Å². The minimum Gasteiger partial charge on any atom is -0.490 e. The summed E-state index contributed by atoms with van der Waals surface area (Å²) >= 11 is 0. The number of esters is 1. The molecule has 0 saturated carbocycles. The summed E-state index contributed by atoms with van der Waals surface area (Å²) in [6, 6.07) is 22.4. The van der Waals surface area contributed by atoms with Crippen LogP contribution in [0.3, 0.4) is 0 Å². The quantitative estimate of drug-likeness (QED) is 0.218. The fourth-order valence-corrected chi connectivity index (χ4v) is 4.45. The zero-order chi connectivity index (χ0) is 27.7. The van der Waals surface area contributed by atoms with Gasteiger partial charge in [-0.2, -0.15) is 4.98 Å². The van der Waals surface area contributed by atoms with Crippen LogP contribution in [0.15, 0.2) is 79.0 Å². The number of ether oxygens (including phenoxy) is 3. The third-order valence-corrected chi connectivity index (χ3v) is 6.30. The van der Waals surface area contributed by atoms with Crippen LogP contribution in [-0.4, -0.2) is 53.3 Å². The molecule has 0 spiro atoms. The zero-order valence-electron chi connectivity index (χ0n) is 22.3. The monoisotopic (exact) mass is 540 g/mol. The molecule has 206 valence electrons. The summed E-state index contributed by atoms with van der Waals surface area (Å²) < 4.78 is 17.2. The van der Waals surface area contributed by atoms with Gasteiger partial charge in [0, 0.05) is 18.3 Å². The van der Waals surface area contributed by atoms with Crippen LogP contribution in [0.4, 0.5) is 17.6 Å². The van der Waals surface area contributed by atoms with Gasteiger partial charge < -0.3 is 30.2 Å². The highest BCUT2D eigenvalue weighted by molar-refractivity contribution is 5.74. The van der Waals surface area contributed by atoms with Gasteiger partial charge in [-0.25, -0.2) is 9.97 Å². The number of piperidine rings is 1. The number of pyridine rings is 1. The van der Waals surface area contributed by atoms with Gasteiger partial charge in [0.15, 0.2) is 11.5 Å². The first-order valence-electron chi connectivity index (χ1n) is 13.3. The molecular weight excluding hydrogens is 508 g/mol. The van der Waals surface area contributed by atoms with Gasteiger partial charge in [0.2, 0.25) is 5.95 Å². The van der Waals surface area contributed by atoms with Crippen molar-refractivity contribution < 1.29 is 19.0 Å². The number of carbonyl (C=O) groups excluding carboxylic acids is 1. The van der Waals surface area contributed by atoms with Crippen LogP contribution < -0.4 is 30.2 Å². The topological polar surface area (TPSA) is 125 Å². The van der Waals surface area contributed by atoms with Crippen molar-refractivity contribution in [2.75, 3.05) is 36.5 Å². The van der Waals surface area contributed by atoms with Crippen LogP contribution in [0.1, 0.15) is 19.8 Å². The summed E-state index contributed by atoms with van der Waals surface area (Å²) in [5.41, 5.74) is 6.95. The standard InChI is InChI=1S/C30H32N6O4/c1-2-38-25-9-3-4-10-26(25)39-23-7-6-18-36(20-23)30-32-17-16-28(35-30)34-27-11-5-8-24(33-27)21-12-14-22(15-13-21)40-29(37)19-31/h3-5,8-17,23H,2,6-7,18-20,31H2,1H3,(H,32,33,34,35)/t23-/m1/s1. The Balaban J connectivity index is 1.25. The summed E-state index contributed by atoms with van der Waals surface area (Å²) in [7, 11) is 0. The van der Waals surface area contributed by atoms with Crippen LogP contribution in [0.25, 0.3) is 11.3 Å². The molecule has 1 atom stereocenters. The van der Waals surface area contributed by atoms with Gasteiger partial charge in [-0.1, -0.05) is 18.2 Å². The van der Waals surface area contributed by atoms with E-state index in [1.54, 1.807) is 18.3 Å². The molecule has 0 bridgehead atoms. The number of para-hydroxylation sites is 2. The minimum atomic E-state index is -0.485. The molecule has 2 aromatic heterocycles. The molecule has 10 heteroatoms. The molecule has 3 N–H and O–H groups in total. The van der Waals surface area contributed by atoms with E-state index in [1.807, 2.05) is 67.6 Å². The highest BCUT2D eigenvalue weighted by Crippen LogP contribution is 2.30. The maximum atomic E-state index is 11.4. The molecule has 0 radical (unpaired) electrons. The van der Waals surface area contributed by atoms with E-state index in [0.29, 0.717) is 36.5 Å². The normalized spacial score (nSPS) is 14.8. The highest BCUT2D eigenvalue weighted by atomic mass is 16.5. The predicted octanol–water partition coefficient (Wildman–Crippen LogP) is 4.59. The molecule has 40 heavy (non-hydrogen) atoms. The van der Waals surface area contributed by atoms with Crippen molar-refractivity contribution in [1.29, 1.82) is 0 Å². The molecule has 1 saturated heterocycles. The Morgan fingerprint density at radius 2 is 1.80 bits per heavy atom. The van der Waals surface area contributed by atoms with Gasteiger partial charge >= 0.3 is 5.97 Å². The fourth-order valence-electron chi connectivity index (χ4n) is 4.45. The van der Waals surface area contributed by atoms with Crippen LogP contribution >= 0.6 is 0 Å². The fraction of sp³-hybridized carbons (Fsp3) is 0.267. The molecule has 4 aromatic rings. The second kappa shape index (κ2) is 12.9. The van der Waals surface area contributed by atoms with E-state index in [1.165, 1.54) is 0 Å². The third-order valence-electron chi connectivity index (χ3n) is 6.30. The van der Waals surface area contributed by atoms with Crippen molar-refractivity contribution in [3.05, 3.63) is 79.0 Å². The molecule has 1 fully saturated rings. The summed E-state index contributed by atoms with van der Waals surface area (Å²) in [5.74, 6) is 3.38. The number of hydrogen-bond acceptors (Lipinski definition) is 10. The van der Waals surface area contributed by atoms with Crippen LogP contribution in [0, 0.1) is 0 Å². The average molecular weight is 541 g/mol. The van der Waals surface area contributed by atoms with Gasteiger partial charge in [-0.15, -0.1) is 0 Å². The van der Waals surface area contributed by atoms with Crippen molar-refractivity contribution >= 4 is 23.6 Å². The van der Waals surface area contributed by atoms with Crippen molar-refractivity contribution in [1.82, 2.24) is 15.0 Å². The minimum absolute atomic E-state index is 0.000802. The Morgan fingerprint density at radius 3 is 2.60 bits per heavy atom. The van der Waals surface area contributed by atoms with E-state index in [2.05, 4.69) is 15.2 Å². The highest BCUT2D eigenvalue weighted by Gasteiger charge is 2.24. The number of aromatic nitrogens is 3. The van der Waals surface area contributed by atoms with Crippen molar-refractivity contribution in [3.63, 3.8) is 0 Å². The van der Waals surface area contributed by atoms with Crippen LogP contribution in [0.5, 0.6) is 17.2 Å². The Labute approximate surface area is 233 Å². The Kier molecular flexibility index (Phi) is 8.67. The van der Waals surface area contributed by atoms with E-state index in [-0.39, 0.29) is 12.6 Å².